The summed E-state index contributed by atoms with van der Waals surface area (Å²) in [7, 11) is 0. The Labute approximate surface area is 94.0 Å². The van der Waals surface area contributed by atoms with Crippen molar-refractivity contribution in [1.29, 1.82) is 0 Å². The molecule has 0 aromatic heterocycles. The molecule has 88 valence electrons. The number of nitro benzene ring substituents is 1. The highest BCUT2D eigenvalue weighted by molar-refractivity contribution is 5.54. The standard InChI is InChI=1S/C9H6F2N4O2/c10-7-5-8(11)9(15(16)17)4-6(7)2-1-3-13-14-12/h1-2,4-5H,3H2. The minimum absolute atomic E-state index is 0.0267. The van der Waals surface area contributed by atoms with Gasteiger partial charge in [-0.1, -0.05) is 17.3 Å². The van der Waals surface area contributed by atoms with E-state index in [0.717, 1.165) is 6.07 Å². The Morgan fingerprint density at radius 1 is 1.47 bits per heavy atom. The number of halogens is 2. The van der Waals surface area contributed by atoms with E-state index >= 15 is 0 Å². The van der Waals surface area contributed by atoms with Crippen molar-refractivity contribution in [2.24, 2.45) is 5.11 Å². The van der Waals surface area contributed by atoms with Crippen molar-refractivity contribution in [3.8, 4) is 0 Å². The Kier molecular flexibility index (Phi) is 4.13. The Hall–Kier alpha value is -2.47. The zero-order chi connectivity index (χ0) is 12.8. The summed E-state index contributed by atoms with van der Waals surface area (Å²) in [6.07, 6.45) is 2.48. The van der Waals surface area contributed by atoms with E-state index in [1.807, 2.05) is 0 Å². The molecule has 0 aliphatic rings. The fourth-order valence-electron chi connectivity index (χ4n) is 1.08. The van der Waals surface area contributed by atoms with Crippen LogP contribution in [0.2, 0.25) is 0 Å². The summed E-state index contributed by atoms with van der Waals surface area (Å²) in [5.74, 6) is -2.16. The minimum Gasteiger partial charge on any atom is -0.258 e. The van der Waals surface area contributed by atoms with E-state index in [1.54, 1.807) is 0 Å². The third kappa shape index (κ3) is 3.25. The lowest BCUT2D eigenvalue weighted by molar-refractivity contribution is -0.387. The largest absolute Gasteiger partial charge is 0.305 e. The Balaban J connectivity index is 3.07. The van der Waals surface area contributed by atoms with E-state index in [4.69, 9.17) is 5.53 Å². The van der Waals surface area contributed by atoms with Gasteiger partial charge in [0.2, 0.25) is 5.82 Å². The van der Waals surface area contributed by atoms with Crippen molar-refractivity contribution in [2.75, 3.05) is 6.54 Å². The van der Waals surface area contributed by atoms with Crippen LogP contribution in [-0.2, 0) is 0 Å². The average molecular weight is 240 g/mol. The molecule has 0 aliphatic heterocycles. The van der Waals surface area contributed by atoms with Gasteiger partial charge in [-0.05, 0) is 5.53 Å². The second kappa shape index (κ2) is 5.57. The van der Waals surface area contributed by atoms with E-state index in [9.17, 15) is 18.9 Å². The summed E-state index contributed by atoms with van der Waals surface area (Å²) in [5.41, 5.74) is 7.03. The third-order valence-corrected chi connectivity index (χ3v) is 1.81. The molecule has 1 rings (SSSR count). The summed E-state index contributed by atoms with van der Waals surface area (Å²) in [6, 6.07) is 1.21. The SMILES string of the molecule is [N-]=[N+]=NCC=Cc1cc([N+](=O)[O-])c(F)cc1F. The predicted molar refractivity (Wildman–Crippen MR) is 56.1 cm³/mol. The molecule has 0 aliphatic carbocycles. The Bertz CT molecular complexity index is 524. The minimum atomic E-state index is -1.24. The first-order valence-corrected chi connectivity index (χ1v) is 4.37. The molecule has 0 saturated carbocycles. The van der Waals surface area contributed by atoms with Crippen LogP contribution in [0.25, 0.3) is 16.5 Å². The molecule has 0 spiro atoms. The van der Waals surface area contributed by atoms with Gasteiger partial charge >= 0.3 is 5.69 Å². The zero-order valence-electron chi connectivity index (χ0n) is 8.38. The van der Waals surface area contributed by atoms with Crippen LogP contribution in [0.15, 0.2) is 23.3 Å². The van der Waals surface area contributed by atoms with Gasteiger partial charge in [-0.15, -0.1) is 0 Å². The lowest BCUT2D eigenvalue weighted by Crippen LogP contribution is -1.95. The van der Waals surface area contributed by atoms with Crippen molar-refractivity contribution in [3.05, 3.63) is 56.0 Å². The van der Waals surface area contributed by atoms with Gasteiger partial charge in [0, 0.05) is 29.2 Å². The van der Waals surface area contributed by atoms with Gasteiger partial charge in [-0.3, -0.25) is 10.1 Å². The molecule has 0 atom stereocenters. The maximum atomic E-state index is 13.2. The van der Waals surface area contributed by atoms with Crippen LogP contribution >= 0.6 is 0 Å². The molecule has 1 aromatic carbocycles. The number of hydrogen-bond donors (Lipinski definition) is 0. The number of nitro groups is 1. The van der Waals surface area contributed by atoms with Gasteiger partial charge in [0.05, 0.1) is 4.92 Å². The Morgan fingerprint density at radius 3 is 2.76 bits per heavy atom. The molecule has 0 bridgehead atoms. The molecule has 0 N–H and O–H groups in total. The fraction of sp³-hybridized carbons (Fsp3) is 0.111. The topological polar surface area (TPSA) is 91.9 Å². The van der Waals surface area contributed by atoms with Crippen LogP contribution in [0.5, 0.6) is 0 Å². The van der Waals surface area contributed by atoms with Crippen molar-refractivity contribution in [1.82, 2.24) is 0 Å². The number of azide groups is 1. The van der Waals surface area contributed by atoms with Gasteiger partial charge < -0.3 is 0 Å². The summed E-state index contributed by atoms with van der Waals surface area (Å²) < 4.78 is 26.1. The molecule has 0 amide bonds. The van der Waals surface area contributed by atoms with Crippen LogP contribution < -0.4 is 0 Å². The second-order valence-corrected chi connectivity index (χ2v) is 2.90. The second-order valence-electron chi connectivity index (χ2n) is 2.90. The van der Waals surface area contributed by atoms with E-state index < -0.39 is 22.2 Å². The molecule has 0 fully saturated rings. The van der Waals surface area contributed by atoms with E-state index in [2.05, 4.69) is 10.0 Å². The fourth-order valence-corrected chi connectivity index (χ4v) is 1.08. The molecule has 0 saturated heterocycles. The van der Waals surface area contributed by atoms with Crippen molar-refractivity contribution in [2.45, 2.75) is 0 Å². The molecule has 0 heterocycles. The van der Waals surface area contributed by atoms with Gasteiger partial charge in [0.1, 0.15) is 5.82 Å². The normalized spacial score (nSPS) is 10.2. The smallest absolute Gasteiger partial charge is 0.258 e. The van der Waals surface area contributed by atoms with Crippen LogP contribution in [0.1, 0.15) is 5.56 Å². The third-order valence-electron chi connectivity index (χ3n) is 1.81. The number of rotatable bonds is 4. The van der Waals surface area contributed by atoms with Crippen LogP contribution in [0.3, 0.4) is 0 Å². The molecule has 1 aromatic rings. The van der Waals surface area contributed by atoms with E-state index in [1.165, 1.54) is 12.2 Å². The van der Waals surface area contributed by atoms with Gasteiger partial charge in [-0.2, -0.15) is 4.39 Å². The molecule has 0 unspecified atom stereocenters. The zero-order valence-corrected chi connectivity index (χ0v) is 8.38. The lowest BCUT2D eigenvalue weighted by atomic mass is 10.1. The highest BCUT2D eigenvalue weighted by atomic mass is 19.1. The molecular weight excluding hydrogens is 234 g/mol. The average Bonchev–Trinajstić information content (AvgIpc) is 2.26. The van der Waals surface area contributed by atoms with Crippen LogP contribution in [0, 0.1) is 21.7 Å². The predicted octanol–water partition coefficient (Wildman–Crippen LogP) is 3.20. The van der Waals surface area contributed by atoms with E-state index in [-0.39, 0.29) is 12.1 Å². The monoisotopic (exact) mass is 240 g/mol. The van der Waals surface area contributed by atoms with Crippen LogP contribution in [-0.4, -0.2) is 11.5 Å². The molecule has 6 nitrogen and oxygen atoms in total. The highest BCUT2D eigenvalue weighted by Crippen LogP contribution is 2.22. The highest BCUT2D eigenvalue weighted by Gasteiger charge is 2.16. The molecule has 0 radical (unpaired) electrons. The quantitative estimate of drug-likeness (QED) is 0.266. The number of benzene rings is 1. The first-order valence-electron chi connectivity index (χ1n) is 4.37. The first kappa shape index (κ1) is 12.6. The summed E-state index contributed by atoms with van der Waals surface area (Å²) in [4.78, 5) is 11.9. The first-order chi connectivity index (χ1) is 8.06. The Morgan fingerprint density at radius 2 is 2.18 bits per heavy atom. The molecule has 17 heavy (non-hydrogen) atoms. The van der Waals surface area contributed by atoms with Crippen LogP contribution in [0.4, 0.5) is 14.5 Å². The summed E-state index contributed by atoms with van der Waals surface area (Å²) >= 11 is 0. The van der Waals surface area contributed by atoms with Crippen molar-refractivity contribution < 1.29 is 13.7 Å². The van der Waals surface area contributed by atoms with Crippen molar-refractivity contribution in [3.63, 3.8) is 0 Å². The molecular formula is C9H6F2N4O2. The van der Waals surface area contributed by atoms with Crippen molar-refractivity contribution >= 4 is 11.8 Å². The van der Waals surface area contributed by atoms with Gasteiger partial charge in [0.25, 0.3) is 0 Å². The van der Waals surface area contributed by atoms with E-state index in [0.29, 0.717) is 6.07 Å². The van der Waals surface area contributed by atoms with Gasteiger partial charge in [0.15, 0.2) is 0 Å². The van der Waals surface area contributed by atoms with Gasteiger partial charge in [-0.25, -0.2) is 4.39 Å². The maximum absolute atomic E-state index is 13.2. The molecule has 8 heteroatoms. The lowest BCUT2D eigenvalue weighted by Gasteiger charge is -1.98. The number of nitrogens with zero attached hydrogens (tertiary/aromatic N) is 4. The summed E-state index contributed by atoms with van der Waals surface area (Å²) in [6.45, 7) is -0.0267. The number of hydrogen-bond acceptors (Lipinski definition) is 3. The summed E-state index contributed by atoms with van der Waals surface area (Å²) in [5, 5.41) is 13.6. The maximum Gasteiger partial charge on any atom is 0.305 e.